The van der Waals surface area contributed by atoms with Crippen LogP contribution in [0.15, 0.2) is 77.7 Å². The van der Waals surface area contributed by atoms with E-state index in [0.717, 1.165) is 0 Å². The van der Waals surface area contributed by atoms with Gasteiger partial charge in [0, 0.05) is 12.3 Å². The molecule has 9 nitrogen and oxygen atoms in total. The molecule has 3 heterocycles. The molecule has 1 saturated heterocycles. The van der Waals surface area contributed by atoms with Gasteiger partial charge in [0.25, 0.3) is 5.56 Å². The molecule has 2 aromatic carbocycles. The molecule has 0 aliphatic carbocycles. The van der Waals surface area contributed by atoms with E-state index in [1.165, 1.54) is 12.3 Å². The predicted molar refractivity (Wildman–Crippen MR) is 109 cm³/mol. The Balaban J connectivity index is 1.37. The van der Waals surface area contributed by atoms with E-state index in [0.29, 0.717) is 11.1 Å². The first-order chi connectivity index (χ1) is 15.6. The van der Waals surface area contributed by atoms with Gasteiger partial charge in [0.2, 0.25) is 0 Å². The lowest BCUT2D eigenvalue weighted by atomic mass is 10.1. The second-order valence-corrected chi connectivity index (χ2v) is 7.30. The Bertz CT molecular complexity index is 1200. The molecule has 0 bridgehead atoms. The second-order valence-electron chi connectivity index (χ2n) is 7.30. The summed E-state index contributed by atoms with van der Waals surface area (Å²) in [6.45, 7) is -0.153. The zero-order valence-corrected chi connectivity index (χ0v) is 16.7. The molecule has 0 radical (unpaired) electrons. The molecule has 9 heteroatoms. The summed E-state index contributed by atoms with van der Waals surface area (Å²) in [6, 6.07) is 18.4. The zero-order chi connectivity index (χ0) is 22.1. The fraction of sp³-hybridized carbons (Fsp3) is 0.217. The van der Waals surface area contributed by atoms with Crippen LogP contribution in [0.25, 0.3) is 0 Å². The molecule has 2 aliphatic rings. The van der Waals surface area contributed by atoms with Gasteiger partial charge >= 0.3 is 17.9 Å². The van der Waals surface area contributed by atoms with Crippen molar-refractivity contribution >= 4 is 11.9 Å². The Hall–Kier alpha value is -3.98. The van der Waals surface area contributed by atoms with E-state index >= 15 is 0 Å². The first kappa shape index (κ1) is 20.0. The maximum atomic E-state index is 12.7. The number of carbonyl (C=O) groups is 2. The standard InChI is InChI=1S/C23H18N2O7/c26-17-11-12-25-20-19(32-23(25)24-17)18(31-22(28)15-9-5-2-6-10-15)16(30-20)13-29-21(27)14-7-3-1-4-8-14/h1-12,16,18-20H,13H2/t16-,18?,19-,20-/m0/s1. The number of hydrogen-bond acceptors (Lipinski definition) is 8. The largest absolute Gasteiger partial charge is 0.459 e. The number of hydrogen-bond donors (Lipinski definition) is 0. The van der Waals surface area contributed by atoms with Crippen molar-refractivity contribution in [2.75, 3.05) is 6.61 Å². The first-order valence-corrected chi connectivity index (χ1v) is 10.00. The van der Waals surface area contributed by atoms with Crippen LogP contribution < -0.4 is 10.3 Å². The van der Waals surface area contributed by atoms with Crippen molar-refractivity contribution in [1.82, 2.24) is 9.55 Å². The van der Waals surface area contributed by atoms with Gasteiger partial charge in [0.05, 0.1) is 11.1 Å². The van der Waals surface area contributed by atoms with Crippen LogP contribution in [0.5, 0.6) is 6.01 Å². The van der Waals surface area contributed by atoms with Gasteiger partial charge in [0.1, 0.15) is 12.7 Å². The smallest absolute Gasteiger partial charge is 0.338 e. The molecule has 1 aromatic heterocycles. The number of aromatic nitrogens is 2. The summed E-state index contributed by atoms with van der Waals surface area (Å²) in [7, 11) is 0. The van der Waals surface area contributed by atoms with Crippen molar-refractivity contribution in [2.45, 2.75) is 24.5 Å². The lowest BCUT2D eigenvalue weighted by Crippen LogP contribution is -2.40. The van der Waals surface area contributed by atoms with Gasteiger partial charge in [-0.25, -0.2) is 9.59 Å². The number of carbonyl (C=O) groups excluding carboxylic acids is 2. The van der Waals surface area contributed by atoms with Crippen LogP contribution in [-0.2, 0) is 14.2 Å². The molecule has 0 N–H and O–H groups in total. The third kappa shape index (κ3) is 3.74. The van der Waals surface area contributed by atoms with Crippen molar-refractivity contribution in [3.05, 3.63) is 94.4 Å². The molecule has 0 amide bonds. The van der Waals surface area contributed by atoms with Gasteiger partial charge in [-0.05, 0) is 24.3 Å². The molecule has 0 saturated carbocycles. The van der Waals surface area contributed by atoms with E-state index in [1.807, 2.05) is 0 Å². The highest BCUT2D eigenvalue weighted by molar-refractivity contribution is 5.90. The average molecular weight is 434 g/mol. The molecule has 162 valence electrons. The van der Waals surface area contributed by atoms with E-state index in [9.17, 15) is 14.4 Å². The second kappa shape index (κ2) is 8.27. The highest BCUT2D eigenvalue weighted by atomic mass is 16.7. The van der Waals surface area contributed by atoms with Crippen LogP contribution in [0.3, 0.4) is 0 Å². The highest BCUT2D eigenvalue weighted by Gasteiger charge is 2.54. The molecule has 32 heavy (non-hydrogen) atoms. The molecule has 1 fully saturated rings. The zero-order valence-electron chi connectivity index (χ0n) is 16.7. The third-order valence-electron chi connectivity index (χ3n) is 5.25. The normalized spacial score (nSPS) is 23.0. The average Bonchev–Trinajstić information content (AvgIpc) is 3.34. The Morgan fingerprint density at radius 3 is 2.28 bits per heavy atom. The summed E-state index contributed by atoms with van der Waals surface area (Å²) in [4.78, 5) is 40.5. The van der Waals surface area contributed by atoms with Gasteiger partial charge < -0.3 is 18.9 Å². The Labute approximate surface area is 182 Å². The number of benzene rings is 2. The minimum atomic E-state index is -0.895. The molecular formula is C23H18N2O7. The summed E-state index contributed by atoms with van der Waals surface area (Å²) < 4.78 is 24.5. The van der Waals surface area contributed by atoms with Crippen molar-refractivity contribution < 1.29 is 28.5 Å². The summed E-state index contributed by atoms with van der Waals surface area (Å²) >= 11 is 0. The topological polar surface area (TPSA) is 106 Å². The lowest BCUT2D eigenvalue weighted by Gasteiger charge is -2.22. The molecule has 0 spiro atoms. The highest BCUT2D eigenvalue weighted by Crippen LogP contribution is 2.40. The fourth-order valence-electron chi connectivity index (χ4n) is 3.71. The molecule has 1 unspecified atom stereocenters. The maximum Gasteiger partial charge on any atom is 0.338 e. The Morgan fingerprint density at radius 2 is 1.59 bits per heavy atom. The summed E-state index contributed by atoms with van der Waals surface area (Å²) in [5.41, 5.74) is 0.299. The van der Waals surface area contributed by atoms with E-state index in [4.69, 9.17) is 18.9 Å². The van der Waals surface area contributed by atoms with Crippen LogP contribution >= 0.6 is 0 Å². The maximum absolute atomic E-state index is 12.7. The Morgan fingerprint density at radius 1 is 0.938 bits per heavy atom. The number of ether oxygens (including phenoxy) is 4. The summed E-state index contributed by atoms with van der Waals surface area (Å²) in [5, 5.41) is 0. The van der Waals surface area contributed by atoms with Crippen molar-refractivity contribution in [2.24, 2.45) is 0 Å². The van der Waals surface area contributed by atoms with Crippen molar-refractivity contribution in [1.29, 1.82) is 0 Å². The van der Waals surface area contributed by atoms with Crippen LogP contribution in [0.4, 0.5) is 0 Å². The van der Waals surface area contributed by atoms with Gasteiger partial charge in [-0.3, -0.25) is 9.36 Å². The fourth-order valence-corrected chi connectivity index (χ4v) is 3.71. The number of rotatable bonds is 5. The van der Waals surface area contributed by atoms with Gasteiger partial charge in [-0.2, -0.15) is 4.98 Å². The third-order valence-corrected chi connectivity index (χ3v) is 5.25. The quantitative estimate of drug-likeness (QED) is 0.562. The molecule has 4 atom stereocenters. The van der Waals surface area contributed by atoms with Crippen LogP contribution in [0, 0.1) is 0 Å². The monoisotopic (exact) mass is 434 g/mol. The van der Waals surface area contributed by atoms with Gasteiger partial charge in [0.15, 0.2) is 18.4 Å². The summed E-state index contributed by atoms with van der Waals surface area (Å²) in [5.74, 6) is -1.09. The van der Waals surface area contributed by atoms with Crippen molar-refractivity contribution in [3.63, 3.8) is 0 Å². The van der Waals surface area contributed by atoms with Gasteiger partial charge in [-0.1, -0.05) is 36.4 Å². The minimum Gasteiger partial charge on any atom is -0.459 e. The lowest BCUT2D eigenvalue weighted by molar-refractivity contribution is -0.0574. The van der Waals surface area contributed by atoms with E-state index in [1.54, 1.807) is 65.2 Å². The molecular weight excluding hydrogens is 416 g/mol. The van der Waals surface area contributed by atoms with E-state index < -0.39 is 42.0 Å². The first-order valence-electron chi connectivity index (χ1n) is 10.00. The van der Waals surface area contributed by atoms with E-state index in [2.05, 4.69) is 4.98 Å². The SMILES string of the molecule is O=C(OC[C@@H]1O[C@H]2[C@@H](Oc3nc(=O)ccn32)C1OC(=O)c1ccccc1)c1ccccc1. The van der Waals surface area contributed by atoms with Crippen LogP contribution in [-0.4, -0.2) is 46.4 Å². The van der Waals surface area contributed by atoms with Gasteiger partial charge in [-0.15, -0.1) is 0 Å². The molecule has 2 aliphatic heterocycles. The van der Waals surface area contributed by atoms with Crippen molar-refractivity contribution in [3.8, 4) is 6.01 Å². The molecule has 5 rings (SSSR count). The molecule has 3 aromatic rings. The number of nitrogens with zero attached hydrogens (tertiary/aromatic N) is 2. The summed E-state index contributed by atoms with van der Waals surface area (Å²) in [6.07, 6.45) is -1.61. The minimum absolute atomic E-state index is 0.0768. The van der Waals surface area contributed by atoms with Crippen LogP contribution in [0.2, 0.25) is 0 Å². The van der Waals surface area contributed by atoms with Crippen LogP contribution in [0.1, 0.15) is 26.9 Å². The Kier molecular flexibility index (Phi) is 5.16. The number of fused-ring (bicyclic) bond motifs is 3. The predicted octanol–water partition coefficient (Wildman–Crippen LogP) is 1.98. The van der Waals surface area contributed by atoms with E-state index in [-0.39, 0.29) is 12.6 Å². The number of esters is 2.